The largest absolute Gasteiger partial charge is 0.440 e. The number of alkyl halides is 3. The van der Waals surface area contributed by atoms with Crippen molar-refractivity contribution in [2.24, 2.45) is 7.05 Å². The van der Waals surface area contributed by atoms with E-state index in [2.05, 4.69) is 10.1 Å². The van der Waals surface area contributed by atoms with Gasteiger partial charge in [0.25, 0.3) is 0 Å². The molecule has 2 heterocycles. The molecule has 6 nitrogen and oxygen atoms in total. The zero-order chi connectivity index (χ0) is 17.0. The third-order valence-electron chi connectivity index (χ3n) is 3.65. The molecule has 2 amide bonds. The van der Waals surface area contributed by atoms with Crippen LogP contribution in [0.25, 0.3) is 0 Å². The Bertz CT molecular complexity index is 571. The summed E-state index contributed by atoms with van der Waals surface area (Å²) in [7, 11) is 1.88. The maximum absolute atomic E-state index is 12.2. The molecule has 1 atom stereocenters. The number of ether oxygens (including phenoxy) is 1. The summed E-state index contributed by atoms with van der Waals surface area (Å²) in [6.07, 6.45) is -2.33. The number of halogens is 3. The second kappa shape index (κ2) is 6.93. The molecule has 1 saturated heterocycles. The van der Waals surface area contributed by atoms with Gasteiger partial charge in [-0.25, -0.2) is 4.79 Å². The van der Waals surface area contributed by atoms with Crippen LogP contribution in [0.3, 0.4) is 0 Å². The quantitative estimate of drug-likeness (QED) is 0.916. The first-order valence-electron chi connectivity index (χ1n) is 7.16. The van der Waals surface area contributed by atoms with Crippen LogP contribution in [0.2, 0.25) is 0 Å². The van der Waals surface area contributed by atoms with Gasteiger partial charge in [-0.05, 0) is 25.0 Å². The number of hydrogen-bond donors (Lipinski definition) is 1. The number of carbonyl (C=O) groups excluding carboxylic acids is 2. The van der Waals surface area contributed by atoms with Gasteiger partial charge in [-0.2, -0.15) is 13.2 Å². The van der Waals surface area contributed by atoms with Gasteiger partial charge in [0.15, 0.2) is 6.61 Å². The van der Waals surface area contributed by atoms with Crippen LogP contribution >= 0.6 is 0 Å². The Morgan fingerprint density at radius 1 is 1.43 bits per heavy atom. The third-order valence-corrected chi connectivity index (χ3v) is 3.65. The zero-order valence-corrected chi connectivity index (χ0v) is 12.6. The molecule has 1 fully saturated rings. The van der Waals surface area contributed by atoms with E-state index in [1.54, 1.807) is 4.90 Å². The number of nitrogens with one attached hydrogen (secondary N) is 1. The van der Waals surface area contributed by atoms with Gasteiger partial charge < -0.3 is 19.5 Å². The normalized spacial score (nSPS) is 18.1. The molecule has 0 bridgehead atoms. The molecule has 23 heavy (non-hydrogen) atoms. The molecular formula is C14H18F3N3O3. The van der Waals surface area contributed by atoms with E-state index in [0.717, 1.165) is 18.5 Å². The summed E-state index contributed by atoms with van der Waals surface area (Å²) in [6, 6.07) is 3.71. The number of hydrogen-bond acceptors (Lipinski definition) is 3. The third kappa shape index (κ3) is 4.64. The lowest BCUT2D eigenvalue weighted by atomic mass is 10.1. The lowest BCUT2D eigenvalue weighted by Crippen LogP contribution is -2.40. The highest BCUT2D eigenvalue weighted by Crippen LogP contribution is 2.31. The first-order chi connectivity index (χ1) is 10.8. The van der Waals surface area contributed by atoms with Crippen LogP contribution in [-0.2, 0) is 16.6 Å². The van der Waals surface area contributed by atoms with Crippen LogP contribution in [-0.4, -0.2) is 47.3 Å². The van der Waals surface area contributed by atoms with Crippen LogP contribution in [0.1, 0.15) is 24.6 Å². The highest BCUT2D eigenvalue weighted by Gasteiger charge is 2.32. The highest BCUT2D eigenvalue weighted by molar-refractivity contribution is 5.82. The molecule has 0 spiro atoms. The van der Waals surface area contributed by atoms with E-state index in [9.17, 15) is 22.8 Å². The van der Waals surface area contributed by atoms with E-state index < -0.39 is 25.4 Å². The molecule has 0 radical (unpaired) electrons. The maximum Gasteiger partial charge on any atom is 0.422 e. The average Bonchev–Trinajstić information content (AvgIpc) is 3.09. The monoisotopic (exact) mass is 333 g/mol. The van der Waals surface area contributed by atoms with Crippen LogP contribution in [0.4, 0.5) is 18.0 Å². The molecule has 128 valence electrons. The summed E-state index contributed by atoms with van der Waals surface area (Å²) in [5.74, 6) is -0.349. The van der Waals surface area contributed by atoms with Gasteiger partial charge in [0.1, 0.15) is 6.54 Å². The maximum atomic E-state index is 12.2. The molecule has 1 aromatic heterocycles. The van der Waals surface area contributed by atoms with Crippen molar-refractivity contribution in [3.63, 3.8) is 0 Å². The summed E-state index contributed by atoms with van der Waals surface area (Å²) in [6.45, 7) is -1.52. The molecule has 1 aliphatic rings. The van der Waals surface area contributed by atoms with E-state index in [4.69, 9.17) is 0 Å². The number of aryl methyl sites for hydroxylation is 1. The Balaban J connectivity index is 1.85. The van der Waals surface area contributed by atoms with E-state index in [1.165, 1.54) is 0 Å². The van der Waals surface area contributed by atoms with Crippen molar-refractivity contribution in [1.29, 1.82) is 0 Å². The standard InChI is InChI=1S/C14H18F3N3O3/c1-19-6-2-4-10(19)11-5-3-7-20(11)12(21)8-18-13(22)23-9-14(15,16)17/h2,4,6,11H,3,5,7-9H2,1H3,(H,18,22). The van der Waals surface area contributed by atoms with Crippen LogP contribution in [0.15, 0.2) is 18.3 Å². The molecular weight excluding hydrogens is 315 g/mol. The van der Waals surface area contributed by atoms with Crippen molar-refractivity contribution in [2.75, 3.05) is 19.7 Å². The Hall–Kier alpha value is -2.19. The fourth-order valence-electron chi connectivity index (χ4n) is 2.64. The van der Waals surface area contributed by atoms with Crippen molar-refractivity contribution < 1.29 is 27.5 Å². The molecule has 0 saturated carbocycles. The molecule has 0 aromatic carbocycles. The predicted octanol–water partition coefficient (Wildman–Crippen LogP) is 1.98. The van der Waals surface area contributed by atoms with Gasteiger partial charge in [-0.15, -0.1) is 0 Å². The number of aromatic nitrogens is 1. The number of rotatable bonds is 4. The SMILES string of the molecule is Cn1cccc1C1CCCN1C(=O)CNC(=O)OCC(F)(F)F. The number of nitrogens with zero attached hydrogens (tertiary/aromatic N) is 2. The fraction of sp³-hybridized carbons (Fsp3) is 0.571. The Labute approximate surface area is 131 Å². The molecule has 1 unspecified atom stereocenters. The first kappa shape index (κ1) is 17.2. The van der Waals surface area contributed by atoms with Crippen molar-refractivity contribution in [3.05, 3.63) is 24.0 Å². The molecule has 9 heteroatoms. The molecule has 1 N–H and O–H groups in total. The Morgan fingerprint density at radius 2 is 2.17 bits per heavy atom. The Kier molecular flexibility index (Phi) is 5.17. The number of alkyl carbamates (subject to hydrolysis) is 1. The summed E-state index contributed by atoms with van der Waals surface area (Å²) < 4.78 is 41.7. The minimum Gasteiger partial charge on any atom is -0.440 e. The van der Waals surface area contributed by atoms with Crippen molar-refractivity contribution in [3.8, 4) is 0 Å². The summed E-state index contributed by atoms with van der Waals surface area (Å²) in [4.78, 5) is 25.0. The van der Waals surface area contributed by atoms with Gasteiger partial charge in [0, 0.05) is 25.5 Å². The average molecular weight is 333 g/mol. The molecule has 1 aromatic rings. The van der Waals surface area contributed by atoms with E-state index in [1.807, 2.05) is 29.9 Å². The second-order valence-corrected chi connectivity index (χ2v) is 5.33. The smallest absolute Gasteiger partial charge is 0.422 e. The van der Waals surface area contributed by atoms with E-state index >= 15 is 0 Å². The molecule has 1 aliphatic heterocycles. The van der Waals surface area contributed by atoms with Crippen LogP contribution in [0.5, 0.6) is 0 Å². The summed E-state index contributed by atoms with van der Waals surface area (Å²) >= 11 is 0. The van der Waals surface area contributed by atoms with Gasteiger partial charge in [0.2, 0.25) is 5.91 Å². The zero-order valence-electron chi connectivity index (χ0n) is 12.6. The topological polar surface area (TPSA) is 63.6 Å². The lowest BCUT2D eigenvalue weighted by Gasteiger charge is -2.25. The van der Waals surface area contributed by atoms with Crippen LogP contribution in [0, 0.1) is 0 Å². The van der Waals surface area contributed by atoms with Gasteiger partial charge >= 0.3 is 12.3 Å². The number of carbonyl (C=O) groups is 2. The minimum atomic E-state index is -4.59. The number of likely N-dealkylation sites (tertiary alicyclic amines) is 1. The lowest BCUT2D eigenvalue weighted by molar-refractivity contribution is -0.160. The van der Waals surface area contributed by atoms with Crippen molar-refractivity contribution in [2.45, 2.75) is 25.1 Å². The predicted molar refractivity (Wildman–Crippen MR) is 74.5 cm³/mol. The molecule has 0 aliphatic carbocycles. The Morgan fingerprint density at radius 3 is 2.78 bits per heavy atom. The van der Waals surface area contributed by atoms with Gasteiger partial charge in [-0.1, -0.05) is 0 Å². The van der Waals surface area contributed by atoms with E-state index in [-0.39, 0.29) is 11.9 Å². The van der Waals surface area contributed by atoms with Gasteiger partial charge in [0.05, 0.1) is 6.04 Å². The van der Waals surface area contributed by atoms with Crippen molar-refractivity contribution in [1.82, 2.24) is 14.8 Å². The second-order valence-electron chi connectivity index (χ2n) is 5.33. The molecule has 2 rings (SSSR count). The summed E-state index contributed by atoms with van der Waals surface area (Å²) in [5.41, 5.74) is 0.982. The number of amides is 2. The van der Waals surface area contributed by atoms with Crippen molar-refractivity contribution >= 4 is 12.0 Å². The fourth-order valence-corrected chi connectivity index (χ4v) is 2.64. The minimum absolute atomic E-state index is 0.0875. The summed E-state index contributed by atoms with van der Waals surface area (Å²) in [5, 5.41) is 2.05. The van der Waals surface area contributed by atoms with E-state index in [0.29, 0.717) is 6.54 Å². The highest BCUT2D eigenvalue weighted by atomic mass is 19.4. The first-order valence-corrected chi connectivity index (χ1v) is 7.16. The van der Waals surface area contributed by atoms with Gasteiger partial charge in [-0.3, -0.25) is 4.79 Å². The van der Waals surface area contributed by atoms with Crippen LogP contribution < -0.4 is 5.32 Å².